The number of nitrogens with zero attached hydrogens (tertiary/aromatic N) is 2. The number of rotatable bonds is 8. The number of piperazine rings is 1. The van der Waals surface area contributed by atoms with Gasteiger partial charge in [-0.05, 0) is 54.8 Å². The Kier molecular flexibility index (Phi) is 8.53. The first kappa shape index (κ1) is 24.1. The molecular weight excluding hydrogens is 426 g/mol. The van der Waals surface area contributed by atoms with E-state index in [9.17, 15) is 9.59 Å². The maximum atomic E-state index is 13.2. The van der Waals surface area contributed by atoms with E-state index in [0.29, 0.717) is 25.3 Å². The predicted octanol–water partition coefficient (Wildman–Crippen LogP) is 3.84. The van der Waals surface area contributed by atoms with Crippen LogP contribution in [0.25, 0.3) is 0 Å². The molecule has 1 fully saturated rings. The molecule has 2 aromatic carbocycles. The van der Waals surface area contributed by atoms with Crippen LogP contribution < -0.4 is 10.1 Å². The third-order valence-corrected chi connectivity index (χ3v) is 5.90. The van der Waals surface area contributed by atoms with Crippen molar-refractivity contribution in [1.82, 2.24) is 15.1 Å². The van der Waals surface area contributed by atoms with Crippen molar-refractivity contribution in [3.8, 4) is 5.75 Å². The minimum absolute atomic E-state index is 0.0127. The zero-order chi connectivity index (χ0) is 23.1. The molecule has 1 N–H and O–H groups in total. The molecule has 6 nitrogen and oxygen atoms in total. The van der Waals surface area contributed by atoms with Crippen LogP contribution >= 0.6 is 11.6 Å². The standard InChI is InChI=1S/C25H32ClN3O3/c1-4-32-22-11-7-20(8-12-22)24(30)27-23(18(2)3)25(31)29-15-13-28(14-16-29)17-19-5-9-21(26)10-6-19/h5-12,18,23H,4,13-17H2,1-3H3,(H,27,30)/t23-/m1/s1. The van der Waals surface area contributed by atoms with E-state index >= 15 is 0 Å². The molecule has 0 unspecified atom stereocenters. The van der Waals surface area contributed by atoms with Gasteiger partial charge in [-0.2, -0.15) is 0 Å². The second-order valence-electron chi connectivity index (χ2n) is 8.38. The lowest BCUT2D eigenvalue weighted by molar-refractivity contribution is -0.136. The molecular formula is C25H32ClN3O3. The maximum absolute atomic E-state index is 13.2. The molecule has 172 valence electrons. The molecule has 0 bridgehead atoms. The fourth-order valence-electron chi connectivity index (χ4n) is 3.78. The Bertz CT molecular complexity index is 892. The van der Waals surface area contributed by atoms with Gasteiger partial charge in [-0.3, -0.25) is 14.5 Å². The average molecular weight is 458 g/mol. The van der Waals surface area contributed by atoms with Crippen molar-refractivity contribution < 1.29 is 14.3 Å². The summed E-state index contributed by atoms with van der Waals surface area (Å²) in [6, 6.07) is 14.3. The largest absolute Gasteiger partial charge is 0.494 e. The zero-order valence-electron chi connectivity index (χ0n) is 19.0. The molecule has 2 amide bonds. The van der Waals surface area contributed by atoms with Crippen LogP contribution in [0.2, 0.25) is 5.02 Å². The molecule has 0 saturated carbocycles. The fraction of sp³-hybridized carbons (Fsp3) is 0.440. The molecule has 32 heavy (non-hydrogen) atoms. The summed E-state index contributed by atoms with van der Waals surface area (Å²) in [5.74, 6) is 0.435. The Morgan fingerprint density at radius 3 is 2.19 bits per heavy atom. The molecule has 0 spiro atoms. The summed E-state index contributed by atoms with van der Waals surface area (Å²) in [6.07, 6.45) is 0. The van der Waals surface area contributed by atoms with Crippen LogP contribution in [0.1, 0.15) is 36.7 Å². The molecule has 0 aromatic heterocycles. The Labute approximate surface area is 195 Å². The minimum atomic E-state index is -0.558. The summed E-state index contributed by atoms with van der Waals surface area (Å²) in [6.45, 7) is 10.1. The van der Waals surface area contributed by atoms with E-state index in [4.69, 9.17) is 16.3 Å². The normalized spacial score (nSPS) is 15.5. The molecule has 0 aliphatic carbocycles. The maximum Gasteiger partial charge on any atom is 0.251 e. The van der Waals surface area contributed by atoms with E-state index < -0.39 is 6.04 Å². The van der Waals surface area contributed by atoms with Crippen LogP contribution in [0.4, 0.5) is 0 Å². The second-order valence-corrected chi connectivity index (χ2v) is 8.82. The molecule has 0 radical (unpaired) electrons. The van der Waals surface area contributed by atoms with Gasteiger partial charge in [-0.15, -0.1) is 0 Å². The van der Waals surface area contributed by atoms with Gasteiger partial charge >= 0.3 is 0 Å². The second kappa shape index (κ2) is 11.3. The highest BCUT2D eigenvalue weighted by atomic mass is 35.5. The third kappa shape index (κ3) is 6.47. The first-order valence-corrected chi connectivity index (χ1v) is 11.5. The highest BCUT2D eigenvalue weighted by molar-refractivity contribution is 6.30. The van der Waals surface area contributed by atoms with Crippen molar-refractivity contribution in [2.75, 3.05) is 32.8 Å². The minimum Gasteiger partial charge on any atom is -0.494 e. The number of halogens is 1. The van der Waals surface area contributed by atoms with Crippen LogP contribution in [-0.2, 0) is 11.3 Å². The number of benzene rings is 2. The monoisotopic (exact) mass is 457 g/mol. The van der Waals surface area contributed by atoms with Crippen molar-refractivity contribution >= 4 is 23.4 Å². The number of ether oxygens (including phenoxy) is 1. The Morgan fingerprint density at radius 1 is 1.00 bits per heavy atom. The Morgan fingerprint density at radius 2 is 1.62 bits per heavy atom. The summed E-state index contributed by atoms with van der Waals surface area (Å²) in [7, 11) is 0. The molecule has 1 saturated heterocycles. The summed E-state index contributed by atoms with van der Waals surface area (Å²) >= 11 is 5.96. The zero-order valence-corrected chi connectivity index (χ0v) is 19.8. The third-order valence-electron chi connectivity index (χ3n) is 5.65. The van der Waals surface area contributed by atoms with Crippen molar-refractivity contribution in [1.29, 1.82) is 0 Å². The summed E-state index contributed by atoms with van der Waals surface area (Å²) in [5, 5.41) is 3.67. The number of carbonyl (C=O) groups is 2. The molecule has 1 aliphatic heterocycles. The topological polar surface area (TPSA) is 61.9 Å². The Hall–Kier alpha value is -2.57. The van der Waals surface area contributed by atoms with E-state index in [1.54, 1.807) is 24.3 Å². The lowest BCUT2D eigenvalue weighted by Crippen LogP contribution is -2.56. The molecule has 7 heteroatoms. The molecule has 1 atom stereocenters. The summed E-state index contributed by atoms with van der Waals surface area (Å²) in [4.78, 5) is 30.2. The highest BCUT2D eigenvalue weighted by Crippen LogP contribution is 2.16. The highest BCUT2D eigenvalue weighted by Gasteiger charge is 2.31. The van der Waals surface area contributed by atoms with E-state index in [1.807, 2.05) is 49.9 Å². The smallest absolute Gasteiger partial charge is 0.251 e. The Balaban J connectivity index is 1.55. The van der Waals surface area contributed by atoms with Crippen LogP contribution in [0.15, 0.2) is 48.5 Å². The van der Waals surface area contributed by atoms with Gasteiger partial charge in [0.1, 0.15) is 11.8 Å². The predicted molar refractivity (Wildman–Crippen MR) is 127 cm³/mol. The van der Waals surface area contributed by atoms with E-state index in [0.717, 1.165) is 30.4 Å². The van der Waals surface area contributed by atoms with Crippen molar-refractivity contribution in [2.45, 2.75) is 33.4 Å². The van der Waals surface area contributed by atoms with E-state index in [-0.39, 0.29) is 17.7 Å². The first-order valence-electron chi connectivity index (χ1n) is 11.2. The molecule has 3 rings (SSSR count). The number of nitrogens with one attached hydrogen (secondary N) is 1. The summed E-state index contributed by atoms with van der Waals surface area (Å²) in [5.41, 5.74) is 1.72. The van der Waals surface area contributed by atoms with Gasteiger partial charge in [0.05, 0.1) is 6.61 Å². The number of amides is 2. The molecule has 2 aromatic rings. The molecule has 1 aliphatic rings. The van der Waals surface area contributed by atoms with Crippen LogP contribution in [0, 0.1) is 5.92 Å². The lowest BCUT2D eigenvalue weighted by Gasteiger charge is -2.37. The van der Waals surface area contributed by atoms with Gasteiger partial charge in [-0.1, -0.05) is 37.6 Å². The first-order chi connectivity index (χ1) is 15.4. The lowest BCUT2D eigenvalue weighted by atomic mass is 10.0. The van der Waals surface area contributed by atoms with Crippen molar-refractivity contribution in [3.63, 3.8) is 0 Å². The van der Waals surface area contributed by atoms with Crippen LogP contribution in [0.5, 0.6) is 5.75 Å². The van der Waals surface area contributed by atoms with Gasteiger partial charge in [-0.25, -0.2) is 0 Å². The van der Waals surface area contributed by atoms with Gasteiger partial charge < -0.3 is 15.0 Å². The number of hydrogen-bond acceptors (Lipinski definition) is 4. The number of carbonyl (C=O) groups excluding carboxylic acids is 2. The van der Waals surface area contributed by atoms with Gasteiger partial charge in [0.2, 0.25) is 5.91 Å². The van der Waals surface area contributed by atoms with E-state index in [1.165, 1.54) is 5.56 Å². The van der Waals surface area contributed by atoms with Crippen LogP contribution in [-0.4, -0.2) is 60.4 Å². The van der Waals surface area contributed by atoms with Gasteiger partial charge in [0, 0.05) is 43.3 Å². The van der Waals surface area contributed by atoms with E-state index in [2.05, 4.69) is 10.2 Å². The number of hydrogen-bond donors (Lipinski definition) is 1. The summed E-state index contributed by atoms with van der Waals surface area (Å²) < 4.78 is 5.43. The van der Waals surface area contributed by atoms with Crippen molar-refractivity contribution in [3.05, 3.63) is 64.7 Å². The van der Waals surface area contributed by atoms with Gasteiger partial charge in [0.15, 0.2) is 0 Å². The van der Waals surface area contributed by atoms with Gasteiger partial charge in [0.25, 0.3) is 5.91 Å². The molecule has 1 heterocycles. The van der Waals surface area contributed by atoms with Crippen molar-refractivity contribution in [2.24, 2.45) is 5.92 Å². The average Bonchev–Trinajstić information content (AvgIpc) is 2.79. The van der Waals surface area contributed by atoms with Crippen LogP contribution in [0.3, 0.4) is 0 Å². The quantitative estimate of drug-likeness (QED) is 0.654. The fourth-order valence-corrected chi connectivity index (χ4v) is 3.90. The SMILES string of the molecule is CCOc1ccc(C(=O)N[C@@H](C(=O)N2CCN(Cc3ccc(Cl)cc3)CC2)C(C)C)cc1.